The summed E-state index contributed by atoms with van der Waals surface area (Å²) in [7, 11) is 1.57. The van der Waals surface area contributed by atoms with Crippen molar-refractivity contribution in [3.8, 4) is 5.88 Å². The molecule has 0 aromatic carbocycles. The van der Waals surface area contributed by atoms with Crippen molar-refractivity contribution in [1.82, 2.24) is 4.98 Å². The van der Waals surface area contributed by atoms with Crippen LogP contribution in [-0.2, 0) is 0 Å². The van der Waals surface area contributed by atoms with Crippen LogP contribution in [0, 0.1) is 6.92 Å². The third-order valence-electron chi connectivity index (χ3n) is 2.65. The lowest BCUT2D eigenvalue weighted by Gasteiger charge is -2.14. The predicted octanol–water partition coefficient (Wildman–Crippen LogP) is 2.75. The molecule has 0 aliphatic carbocycles. The third-order valence-corrected chi connectivity index (χ3v) is 2.65. The highest BCUT2D eigenvalue weighted by atomic mass is 16.5. The van der Waals surface area contributed by atoms with E-state index in [0.717, 1.165) is 11.5 Å². The van der Waals surface area contributed by atoms with E-state index < -0.39 is 0 Å². The fourth-order valence-corrected chi connectivity index (χ4v) is 1.64. The van der Waals surface area contributed by atoms with Gasteiger partial charge in [0.2, 0.25) is 5.88 Å². The van der Waals surface area contributed by atoms with Crippen LogP contribution in [0.4, 0.5) is 11.5 Å². The molecule has 1 unspecified atom stereocenters. The van der Waals surface area contributed by atoms with Crippen LogP contribution in [0.3, 0.4) is 0 Å². The number of nitrogens with zero attached hydrogens (tertiary/aromatic N) is 1. The molecule has 0 fully saturated rings. The average Bonchev–Trinajstić information content (AvgIpc) is 2.79. The van der Waals surface area contributed by atoms with Gasteiger partial charge >= 0.3 is 0 Å². The maximum Gasteiger partial charge on any atom is 0.215 e. The molecule has 2 heterocycles. The maximum absolute atomic E-state index is 5.86. The first-order chi connectivity index (χ1) is 8.60. The third kappa shape index (κ3) is 2.56. The Bertz CT molecular complexity index is 537. The largest absolute Gasteiger partial charge is 0.481 e. The van der Waals surface area contributed by atoms with Crippen LogP contribution in [0.15, 0.2) is 28.7 Å². The van der Waals surface area contributed by atoms with Gasteiger partial charge in [0.05, 0.1) is 18.8 Å². The minimum absolute atomic E-state index is 0.0133. The average molecular weight is 247 g/mol. The molecule has 5 heteroatoms. The number of rotatable bonds is 4. The van der Waals surface area contributed by atoms with E-state index in [1.54, 1.807) is 19.2 Å². The van der Waals surface area contributed by atoms with Crippen molar-refractivity contribution < 1.29 is 9.15 Å². The van der Waals surface area contributed by atoms with Crippen LogP contribution in [0.2, 0.25) is 0 Å². The van der Waals surface area contributed by atoms with Crippen molar-refractivity contribution in [1.29, 1.82) is 0 Å². The Balaban J connectivity index is 2.18. The smallest absolute Gasteiger partial charge is 0.215 e. The Morgan fingerprint density at radius 3 is 2.72 bits per heavy atom. The summed E-state index contributed by atoms with van der Waals surface area (Å²) in [5.41, 5.74) is 6.44. The summed E-state index contributed by atoms with van der Waals surface area (Å²) in [5.74, 6) is 2.84. The molecule has 0 saturated heterocycles. The van der Waals surface area contributed by atoms with Gasteiger partial charge in [-0.1, -0.05) is 0 Å². The zero-order valence-electron chi connectivity index (χ0n) is 10.7. The molecule has 2 rings (SSSR count). The lowest BCUT2D eigenvalue weighted by Crippen LogP contribution is -2.09. The van der Waals surface area contributed by atoms with Crippen molar-refractivity contribution in [3.05, 3.63) is 35.8 Å². The van der Waals surface area contributed by atoms with E-state index in [1.807, 2.05) is 26.0 Å². The van der Waals surface area contributed by atoms with E-state index in [1.165, 1.54) is 0 Å². The SMILES string of the molecule is COc1ccc(N)c(NC(C)c2ccc(C)o2)n1. The molecule has 2 aromatic rings. The highest BCUT2D eigenvalue weighted by Crippen LogP contribution is 2.25. The monoisotopic (exact) mass is 247 g/mol. The van der Waals surface area contributed by atoms with Gasteiger partial charge in [0.15, 0.2) is 5.82 Å². The number of ether oxygens (including phenoxy) is 1. The van der Waals surface area contributed by atoms with Gasteiger partial charge in [0.25, 0.3) is 0 Å². The van der Waals surface area contributed by atoms with E-state index >= 15 is 0 Å². The van der Waals surface area contributed by atoms with Crippen LogP contribution in [0.5, 0.6) is 5.88 Å². The van der Waals surface area contributed by atoms with Gasteiger partial charge in [-0.2, -0.15) is 4.98 Å². The van der Waals surface area contributed by atoms with E-state index in [-0.39, 0.29) is 6.04 Å². The number of pyridine rings is 1. The second kappa shape index (κ2) is 5.00. The predicted molar refractivity (Wildman–Crippen MR) is 70.7 cm³/mol. The normalized spacial score (nSPS) is 12.2. The molecule has 0 saturated carbocycles. The first-order valence-electron chi connectivity index (χ1n) is 5.73. The lowest BCUT2D eigenvalue weighted by atomic mass is 10.2. The van der Waals surface area contributed by atoms with Crippen molar-refractivity contribution in [2.45, 2.75) is 19.9 Å². The topological polar surface area (TPSA) is 73.3 Å². The molecular weight excluding hydrogens is 230 g/mol. The number of hydrogen-bond acceptors (Lipinski definition) is 5. The Hall–Kier alpha value is -2.17. The molecule has 96 valence electrons. The van der Waals surface area contributed by atoms with Gasteiger partial charge in [-0.05, 0) is 32.0 Å². The summed E-state index contributed by atoms with van der Waals surface area (Å²) in [6, 6.07) is 7.33. The number of nitrogen functional groups attached to an aromatic ring is 1. The Labute approximate surface area is 106 Å². The highest BCUT2D eigenvalue weighted by molar-refractivity contribution is 5.62. The van der Waals surface area contributed by atoms with Crippen LogP contribution in [-0.4, -0.2) is 12.1 Å². The molecule has 2 aromatic heterocycles. The van der Waals surface area contributed by atoms with Crippen molar-refractivity contribution in [3.63, 3.8) is 0 Å². The highest BCUT2D eigenvalue weighted by Gasteiger charge is 2.12. The number of nitrogens with one attached hydrogen (secondary N) is 1. The molecule has 18 heavy (non-hydrogen) atoms. The summed E-state index contributed by atoms with van der Waals surface area (Å²) in [5, 5.41) is 3.20. The van der Waals surface area contributed by atoms with Gasteiger partial charge < -0.3 is 20.2 Å². The number of furan rings is 1. The maximum atomic E-state index is 5.86. The molecule has 0 spiro atoms. The lowest BCUT2D eigenvalue weighted by molar-refractivity contribution is 0.398. The van der Waals surface area contributed by atoms with Crippen LogP contribution >= 0.6 is 0 Å². The van der Waals surface area contributed by atoms with Crippen LogP contribution < -0.4 is 15.8 Å². The van der Waals surface area contributed by atoms with E-state index in [2.05, 4.69) is 10.3 Å². The molecular formula is C13H17N3O2. The van der Waals surface area contributed by atoms with Gasteiger partial charge in [-0.15, -0.1) is 0 Å². The number of hydrogen-bond donors (Lipinski definition) is 2. The zero-order chi connectivity index (χ0) is 13.1. The summed E-state index contributed by atoms with van der Waals surface area (Å²) >= 11 is 0. The van der Waals surface area contributed by atoms with Crippen molar-refractivity contribution in [2.75, 3.05) is 18.2 Å². The molecule has 5 nitrogen and oxygen atoms in total. The molecule has 0 radical (unpaired) electrons. The molecule has 1 atom stereocenters. The van der Waals surface area contributed by atoms with E-state index in [0.29, 0.717) is 17.4 Å². The Morgan fingerprint density at radius 1 is 1.33 bits per heavy atom. The number of methoxy groups -OCH3 is 1. The van der Waals surface area contributed by atoms with E-state index in [9.17, 15) is 0 Å². The summed E-state index contributed by atoms with van der Waals surface area (Å²) in [4.78, 5) is 4.26. The molecule has 0 bridgehead atoms. The second-order valence-electron chi connectivity index (χ2n) is 4.11. The molecule has 0 aliphatic rings. The fraction of sp³-hybridized carbons (Fsp3) is 0.308. The van der Waals surface area contributed by atoms with Crippen molar-refractivity contribution >= 4 is 11.5 Å². The number of anilines is 2. The van der Waals surface area contributed by atoms with Crippen molar-refractivity contribution in [2.24, 2.45) is 0 Å². The number of nitrogens with two attached hydrogens (primary N) is 1. The van der Waals surface area contributed by atoms with Gasteiger partial charge in [-0.25, -0.2) is 0 Å². The number of aryl methyl sites for hydroxylation is 1. The quantitative estimate of drug-likeness (QED) is 0.869. The van der Waals surface area contributed by atoms with Crippen LogP contribution in [0.25, 0.3) is 0 Å². The summed E-state index contributed by atoms with van der Waals surface area (Å²) in [6.07, 6.45) is 0. The van der Waals surface area contributed by atoms with Gasteiger partial charge in [0, 0.05) is 6.07 Å². The first-order valence-corrected chi connectivity index (χ1v) is 5.73. The zero-order valence-corrected chi connectivity index (χ0v) is 10.7. The second-order valence-corrected chi connectivity index (χ2v) is 4.11. The minimum atomic E-state index is -0.0133. The molecule has 3 N–H and O–H groups in total. The first kappa shape index (κ1) is 12.3. The number of aromatic nitrogens is 1. The van der Waals surface area contributed by atoms with E-state index in [4.69, 9.17) is 14.9 Å². The summed E-state index contributed by atoms with van der Waals surface area (Å²) in [6.45, 7) is 3.90. The summed E-state index contributed by atoms with van der Waals surface area (Å²) < 4.78 is 10.6. The Morgan fingerprint density at radius 2 is 2.11 bits per heavy atom. The minimum Gasteiger partial charge on any atom is -0.481 e. The van der Waals surface area contributed by atoms with Crippen LogP contribution in [0.1, 0.15) is 24.5 Å². The van der Waals surface area contributed by atoms with Gasteiger partial charge in [0.1, 0.15) is 11.5 Å². The molecule has 0 aliphatic heterocycles. The fourth-order valence-electron chi connectivity index (χ4n) is 1.64. The Kier molecular flexibility index (Phi) is 3.41. The standard InChI is InChI=1S/C13H17N3O2/c1-8-4-6-11(18-8)9(2)15-13-10(14)5-7-12(16-13)17-3/h4-7,9H,14H2,1-3H3,(H,15,16). The molecule has 0 amide bonds. The van der Waals surface area contributed by atoms with Gasteiger partial charge in [-0.3, -0.25) is 0 Å².